The number of hydrogen-bond acceptors (Lipinski definition) is 4. The Hall–Kier alpha value is -0.940. The first-order valence-corrected chi connectivity index (χ1v) is 6.34. The van der Waals surface area contributed by atoms with Gasteiger partial charge in [0.25, 0.3) is 0 Å². The van der Waals surface area contributed by atoms with E-state index in [0.29, 0.717) is 0 Å². The SMILES string of the molecule is CCCN(CCc1scnc1C)CC(=O)O. The number of aryl methyl sites for hydroxylation is 1. The van der Waals surface area contributed by atoms with Gasteiger partial charge in [0.15, 0.2) is 0 Å². The molecule has 1 rings (SSSR count). The predicted molar refractivity (Wildman–Crippen MR) is 64.9 cm³/mol. The molecule has 1 N–H and O–H groups in total. The monoisotopic (exact) mass is 242 g/mol. The lowest BCUT2D eigenvalue weighted by molar-refractivity contribution is -0.138. The molecule has 0 radical (unpaired) electrons. The second kappa shape index (κ2) is 6.60. The molecule has 0 saturated carbocycles. The largest absolute Gasteiger partial charge is 0.480 e. The number of thiazole rings is 1. The van der Waals surface area contributed by atoms with Crippen molar-refractivity contribution in [3.8, 4) is 0 Å². The molecule has 0 aromatic carbocycles. The van der Waals surface area contributed by atoms with Crippen LogP contribution in [0.4, 0.5) is 0 Å². The normalized spacial score (nSPS) is 10.9. The van der Waals surface area contributed by atoms with Crippen LogP contribution in [-0.2, 0) is 11.2 Å². The van der Waals surface area contributed by atoms with Gasteiger partial charge in [-0.3, -0.25) is 9.69 Å². The van der Waals surface area contributed by atoms with E-state index in [0.717, 1.165) is 31.6 Å². The highest BCUT2D eigenvalue weighted by atomic mass is 32.1. The lowest BCUT2D eigenvalue weighted by Crippen LogP contribution is -2.32. The first-order chi connectivity index (χ1) is 7.63. The first-order valence-electron chi connectivity index (χ1n) is 5.46. The summed E-state index contributed by atoms with van der Waals surface area (Å²) in [6, 6.07) is 0. The summed E-state index contributed by atoms with van der Waals surface area (Å²) in [5.74, 6) is -0.755. The first kappa shape index (κ1) is 13.1. The van der Waals surface area contributed by atoms with Crippen LogP contribution < -0.4 is 0 Å². The molecule has 0 saturated heterocycles. The van der Waals surface area contributed by atoms with E-state index in [9.17, 15) is 4.79 Å². The predicted octanol–water partition coefficient (Wildman–Crippen LogP) is 1.79. The van der Waals surface area contributed by atoms with E-state index >= 15 is 0 Å². The maximum absolute atomic E-state index is 10.7. The molecule has 0 amide bonds. The maximum Gasteiger partial charge on any atom is 0.317 e. The molecule has 0 bridgehead atoms. The molecule has 0 fully saturated rings. The van der Waals surface area contributed by atoms with Crippen molar-refractivity contribution in [1.82, 2.24) is 9.88 Å². The zero-order valence-electron chi connectivity index (χ0n) is 9.77. The lowest BCUT2D eigenvalue weighted by atomic mass is 10.2. The van der Waals surface area contributed by atoms with Gasteiger partial charge in [-0.25, -0.2) is 4.98 Å². The van der Waals surface area contributed by atoms with Crippen LogP contribution in [0.15, 0.2) is 5.51 Å². The average Bonchev–Trinajstić information content (AvgIpc) is 2.60. The van der Waals surface area contributed by atoms with E-state index in [1.54, 1.807) is 11.3 Å². The highest BCUT2D eigenvalue weighted by molar-refractivity contribution is 7.09. The van der Waals surface area contributed by atoms with Gasteiger partial charge in [0.1, 0.15) is 0 Å². The Bertz CT molecular complexity index is 338. The van der Waals surface area contributed by atoms with Crippen molar-refractivity contribution in [3.05, 3.63) is 16.1 Å². The van der Waals surface area contributed by atoms with Crippen molar-refractivity contribution in [2.75, 3.05) is 19.6 Å². The summed E-state index contributed by atoms with van der Waals surface area (Å²) in [5, 5.41) is 8.77. The maximum atomic E-state index is 10.7. The number of aromatic nitrogens is 1. The summed E-state index contributed by atoms with van der Waals surface area (Å²) in [7, 11) is 0. The minimum Gasteiger partial charge on any atom is -0.480 e. The number of carboxylic acid groups (broad SMARTS) is 1. The van der Waals surface area contributed by atoms with Crippen molar-refractivity contribution in [2.45, 2.75) is 26.7 Å². The van der Waals surface area contributed by atoms with Gasteiger partial charge in [-0.05, 0) is 26.3 Å². The Labute approximate surface area is 99.9 Å². The molecule has 0 atom stereocenters. The summed E-state index contributed by atoms with van der Waals surface area (Å²) in [4.78, 5) is 18.1. The number of nitrogens with zero attached hydrogens (tertiary/aromatic N) is 2. The summed E-state index contributed by atoms with van der Waals surface area (Å²) >= 11 is 1.64. The standard InChI is InChI=1S/C11H18N2O2S/c1-3-5-13(7-11(14)15)6-4-10-9(2)12-8-16-10/h8H,3-7H2,1-2H3,(H,14,15). The van der Waals surface area contributed by atoms with Gasteiger partial charge in [-0.1, -0.05) is 6.92 Å². The Morgan fingerprint density at radius 3 is 2.81 bits per heavy atom. The molecule has 1 aromatic rings. The van der Waals surface area contributed by atoms with Crippen LogP contribution >= 0.6 is 11.3 Å². The Morgan fingerprint density at radius 2 is 2.31 bits per heavy atom. The molecule has 90 valence electrons. The number of carbonyl (C=O) groups is 1. The molecule has 16 heavy (non-hydrogen) atoms. The quantitative estimate of drug-likeness (QED) is 0.792. The van der Waals surface area contributed by atoms with Crippen LogP contribution in [0.25, 0.3) is 0 Å². The van der Waals surface area contributed by atoms with Gasteiger partial charge in [-0.2, -0.15) is 0 Å². The van der Waals surface area contributed by atoms with Gasteiger partial charge < -0.3 is 5.11 Å². The van der Waals surface area contributed by atoms with Crippen LogP contribution in [0.5, 0.6) is 0 Å². The highest BCUT2D eigenvalue weighted by Gasteiger charge is 2.10. The fraction of sp³-hybridized carbons (Fsp3) is 0.636. The van der Waals surface area contributed by atoms with Crippen molar-refractivity contribution < 1.29 is 9.90 Å². The van der Waals surface area contributed by atoms with E-state index in [4.69, 9.17) is 5.11 Å². The molecular formula is C11H18N2O2S. The van der Waals surface area contributed by atoms with Crippen molar-refractivity contribution in [3.63, 3.8) is 0 Å². The number of hydrogen-bond donors (Lipinski definition) is 1. The van der Waals surface area contributed by atoms with E-state index in [-0.39, 0.29) is 6.54 Å². The van der Waals surface area contributed by atoms with E-state index < -0.39 is 5.97 Å². The van der Waals surface area contributed by atoms with Crippen molar-refractivity contribution in [2.24, 2.45) is 0 Å². The number of carboxylic acids is 1. The van der Waals surface area contributed by atoms with Crippen molar-refractivity contribution in [1.29, 1.82) is 0 Å². The molecule has 0 spiro atoms. The average molecular weight is 242 g/mol. The molecule has 1 heterocycles. The van der Waals surface area contributed by atoms with Gasteiger partial charge in [-0.15, -0.1) is 11.3 Å². The van der Waals surface area contributed by atoms with Gasteiger partial charge in [0.05, 0.1) is 17.7 Å². The third-order valence-corrected chi connectivity index (χ3v) is 3.39. The molecular weight excluding hydrogens is 224 g/mol. The minimum absolute atomic E-state index is 0.131. The third-order valence-electron chi connectivity index (χ3n) is 2.40. The fourth-order valence-corrected chi connectivity index (χ4v) is 2.37. The number of aliphatic carboxylic acids is 1. The molecule has 5 heteroatoms. The Balaban J connectivity index is 2.43. The van der Waals surface area contributed by atoms with Crippen LogP contribution in [0.2, 0.25) is 0 Å². The minimum atomic E-state index is -0.755. The zero-order valence-corrected chi connectivity index (χ0v) is 10.6. The van der Waals surface area contributed by atoms with E-state index in [2.05, 4.69) is 11.9 Å². The zero-order chi connectivity index (χ0) is 12.0. The second-order valence-electron chi connectivity index (χ2n) is 3.78. The van der Waals surface area contributed by atoms with E-state index in [1.807, 2.05) is 17.3 Å². The van der Waals surface area contributed by atoms with Gasteiger partial charge >= 0.3 is 5.97 Å². The van der Waals surface area contributed by atoms with Gasteiger partial charge in [0.2, 0.25) is 0 Å². The molecule has 0 aliphatic carbocycles. The second-order valence-corrected chi connectivity index (χ2v) is 4.72. The highest BCUT2D eigenvalue weighted by Crippen LogP contribution is 2.13. The summed E-state index contributed by atoms with van der Waals surface area (Å²) in [5.41, 5.74) is 2.91. The van der Waals surface area contributed by atoms with Crippen LogP contribution in [0.1, 0.15) is 23.9 Å². The van der Waals surface area contributed by atoms with Crippen LogP contribution in [0, 0.1) is 6.92 Å². The van der Waals surface area contributed by atoms with Crippen LogP contribution in [0.3, 0.4) is 0 Å². The lowest BCUT2D eigenvalue weighted by Gasteiger charge is -2.18. The third kappa shape index (κ3) is 4.28. The van der Waals surface area contributed by atoms with Gasteiger partial charge in [0, 0.05) is 11.4 Å². The smallest absolute Gasteiger partial charge is 0.317 e. The van der Waals surface area contributed by atoms with Crippen LogP contribution in [-0.4, -0.2) is 40.6 Å². The topological polar surface area (TPSA) is 53.4 Å². The number of rotatable bonds is 7. The summed E-state index contributed by atoms with van der Waals surface area (Å²) < 4.78 is 0. The molecule has 1 aromatic heterocycles. The molecule has 0 aliphatic heterocycles. The Kier molecular flexibility index (Phi) is 5.42. The molecule has 0 unspecified atom stereocenters. The summed E-state index contributed by atoms with van der Waals surface area (Å²) in [6.45, 7) is 5.82. The Morgan fingerprint density at radius 1 is 1.56 bits per heavy atom. The molecule has 4 nitrogen and oxygen atoms in total. The van der Waals surface area contributed by atoms with Crippen molar-refractivity contribution >= 4 is 17.3 Å². The fourth-order valence-electron chi connectivity index (χ4n) is 1.60. The summed E-state index contributed by atoms with van der Waals surface area (Å²) in [6.07, 6.45) is 1.87. The van der Waals surface area contributed by atoms with E-state index in [1.165, 1.54) is 4.88 Å². The molecule has 0 aliphatic rings.